The average Bonchev–Trinajstić information content (AvgIpc) is 1.97. The molecular formula is C6H15N3O3. The summed E-state index contributed by atoms with van der Waals surface area (Å²) in [5, 5.41) is 18.7. The predicted molar refractivity (Wildman–Crippen MR) is 41.6 cm³/mol. The van der Waals surface area contributed by atoms with Crippen LogP contribution in [0.15, 0.2) is 0 Å². The Labute approximate surface area is 70.3 Å². The second kappa shape index (κ2) is 2.91. The maximum absolute atomic E-state index is 9.38. The van der Waals surface area contributed by atoms with Gasteiger partial charge in [-0.15, -0.1) is 0 Å². The molecule has 8 N–H and O–H groups in total. The molecule has 12 heavy (non-hydrogen) atoms. The molecule has 1 aliphatic heterocycles. The zero-order valence-electron chi connectivity index (χ0n) is 6.84. The largest absolute Gasteiger partial charge is 0.390 e. The Morgan fingerprint density at radius 2 is 1.92 bits per heavy atom. The third kappa shape index (κ3) is 1.45. The van der Waals surface area contributed by atoms with Crippen LogP contribution in [0.4, 0.5) is 0 Å². The molecule has 6 nitrogen and oxygen atoms in total. The van der Waals surface area contributed by atoms with Crippen LogP contribution in [0, 0.1) is 0 Å². The van der Waals surface area contributed by atoms with Gasteiger partial charge in [0.1, 0.15) is 6.04 Å². The summed E-state index contributed by atoms with van der Waals surface area (Å²) in [6, 6.07) is -1.70. The molecule has 6 heteroatoms. The topological polar surface area (TPSA) is 128 Å². The van der Waals surface area contributed by atoms with Gasteiger partial charge >= 0.3 is 0 Å². The van der Waals surface area contributed by atoms with E-state index in [2.05, 4.69) is 0 Å². The van der Waals surface area contributed by atoms with E-state index in [0.717, 1.165) is 0 Å². The van der Waals surface area contributed by atoms with Gasteiger partial charge in [-0.1, -0.05) is 0 Å². The molecule has 72 valence electrons. The summed E-state index contributed by atoms with van der Waals surface area (Å²) >= 11 is 0. The first-order valence-electron chi connectivity index (χ1n) is 3.74. The Hall–Kier alpha value is -0.240. The van der Waals surface area contributed by atoms with Gasteiger partial charge in [0, 0.05) is 0 Å². The van der Waals surface area contributed by atoms with Gasteiger partial charge in [-0.05, 0) is 6.92 Å². The molecule has 0 saturated carbocycles. The normalized spacial score (nSPS) is 55.5. The number of hydrogen-bond acceptors (Lipinski definition) is 6. The Morgan fingerprint density at radius 1 is 1.42 bits per heavy atom. The number of ether oxygens (including phenoxy) is 1. The monoisotopic (exact) mass is 177 g/mol. The molecule has 0 amide bonds. The van der Waals surface area contributed by atoms with E-state index >= 15 is 0 Å². The molecule has 0 aromatic rings. The van der Waals surface area contributed by atoms with Crippen LogP contribution in [0.1, 0.15) is 6.92 Å². The van der Waals surface area contributed by atoms with Gasteiger partial charge in [-0.2, -0.15) is 0 Å². The lowest BCUT2D eigenvalue weighted by atomic mass is 9.94. The fraction of sp³-hybridized carbons (Fsp3) is 1.00. The van der Waals surface area contributed by atoms with E-state index in [1.54, 1.807) is 6.92 Å². The van der Waals surface area contributed by atoms with Crippen molar-refractivity contribution in [1.29, 1.82) is 0 Å². The Bertz CT molecular complexity index is 175. The van der Waals surface area contributed by atoms with Crippen molar-refractivity contribution in [1.82, 2.24) is 0 Å². The molecule has 1 saturated heterocycles. The van der Waals surface area contributed by atoms with Crippen LogP contribution >= 0.6 is 0 Å². The second-order valence-corrected chi connectivity index (χ2v) is 3.17. The van der Waals surface area contributed by atoms with E-state index in [-0.39, 0.29) is 0 Å². The standard InChI is InChI=1S/C6H15N3O3/c1-2-3(7)4(10)5(8)6(9,11)12-2/h2-5,10-11H,7-9H2,1H3/t2-,3-,4+,5-,6?/m1/s1. The summed E-state index contributed by atoms with van der Waals surface area (Å²) < 4.78 is 4.89. The Balaban J connectivity index is 2.78. The van der Waals surface area contributed by atoms with Crippen LogP contribution in [0.2, 0.25) is 0 Å². The quantitative estimate of drug-likeness (QED) is 0.251. The van der Waals surface area contributed by atoms with Gasteiger partial charge in [-0.3, -0.25) is 5.73 Å². The van der Waals surface area contributed by atoms with E-state index in [4.69, 9.17) is 21.9 Å². The SMILES string of the molecule is C[C@H]1OC(N)(O)[C@H](N)[C@@H](O)[C@@H]1N. The number of aliphatic hydroxyl groups excluding tert-OH is 1. The smallest absolute Gasteiger partial charge is 0.241 e. The molecular weight excluding hydrogens is 162 g/mol. The van der Waals surface area contributed by atoms with Gasteiger partial charge in [-0.25, -0.2) is 0 Å². The van der Waals surface area contributed by atoms with Crippen molar-refractivity contribution in [3.05, 3.63) is 0 Å². The average molecular weight is 177 g/mol. The highest BCUT2D eigenvalue weighted by Crippen LogP contribution is 2.21. The minimum atomic E-state index is -1.99. The highest BCUT2D eigenvalue weighted by molar-refractivity contribution is 4.96. The second-order valence-electron chi connectivity index (χ2n) is 3.17. The van der Waals surface area contributed by atoms with Gasteiger partial charge in [0.25, 0.3) is 0 Å². The van der Waals surface area contributed by atoms with Gasteiger partial charge < -0.3 is 26.4 Å². The van der Waals surface area contributed by atoms with Crippen molar-refractivity contribution < 1.29 is 14.9 Å². The maximum Gasteiger partial charge on any atom is 0.241 e. The molecule has 1 heterocycles. The molecule has 0 bridgehead atoms. The summed E-state index contributed by atoms with van der Waals surface area (Å²) in [4.78, 5) is 0. The molecule has 1 rings (SSSR count). The summed E-state index contributed by atoms with van der Waals surface area (Å²) in [5.41, 5.74) is 16.1. The first kappa shape index (κ1) is 9.85. The maximum atomic E-state index is 9.38. The first-order valence-corrected chi connectivity index (χ1v) is 3.74. The number of nitrogens with two attached hydrogens (primary N) is 3. The fourth-order valence-electron chi connectivity index (χ4n) is 1.22. The van der Waals surface area contributed by atoms with E-state index in [0.29, 0.717) is 0 Å². The molecule has 0 aromatic heterocycles. The summed E-state index contributed by atoms with van der Waals surface area (Å²) in [6.45, 7) is 1.61. The molecule has 0 aromatic carbocycles. The van der Waals surface area contributed by atoms with Gasteiger partial charge in [0.15, 0.2) is 0 Å². The van der Waals surface area contributed by atoms with Crippen molar-refractivity contribution >= 4 is 0 Å². The highest BCUT2D eigenvalue weighted by Gasteiger charge is 2.47. The molecule has 1 fully saturated rings. The third-order valence-corrected chi connectivity index (χ3v) is 2.16. The lowest BCUT2D eigenvalue weighted by Crippen LogP contribution is -2.72. The van der Waals surface area contributed by atoms with Crippen LogP contribution in [-0.4, -0.2) is 40.4 Å². The zero-order chi connectivity index (χ0) is 9.52. The number of aliphatic hydroxyl groups is 2. The summed E-state index contributed by atoms with van der Waals surface area (Å²) in [5.74, 6) is -1.99. The van der Waals surface area contributed by atoms with Crippen molar-refractivity contribution in [2.24, 2.45) is 17.2 Å². The lowest BCUT2D eigenvalue weighted by molar-refractivity contribution is -0.280. The van der Waals surface area contributed by atoms with Crippen molar-refractivity contribution in [2.45, 2.75) is 37.1 Å². The summed E-state index contributed by atoms with van der Waals surface area (Å²) in [6.07, 6.45) is -1.57. The van der Waals surface area contributed by atoms with E-state index in [1.807, 2.05) is 0 Å². The van der Waals surface area contributed by atoms with Gasteiger partial charge in [0.2, 0.25) is 5.91 Å². The minimum Gasteiger partial charge on any atom is -0.390 e. The summed E-state index contributed by atoms with van der Waals surface area (Å²) in [7, 11) is 0. The fourth-order valence-corrected chi connectivity index (χ4v) is 1.22. The number of rotatable bonds is 0. The van der Waals surface area contributed by atoms with Crippen LogP contribution in [-0.2, 0) is 4.74 Å². The predicted octanol–water partition coefficient (Wildman–Crippen LogP) is -2.97. The van der Waals surface area contributed by atoms with Crippen LogP contribution < -0.4 is 17.2 Å². The van der Waals surface area contributed by atoms with Crippen LogP contribution in [0.25, 0.3) is 0 Å². The van der Waals surface area contributed by atoms with Crippen LogP contribution in [0.3, 0.4) is 0 Å². The highest BCUT2D eigenvalue weighted by atomic mass is 16.7. The van der Waals surface area contributed by atoms with Gasteiger partial charge in [0.05, 0.1) is 18.2 Å². The van der Waals surface area contributed by atoms with Crippen LogP contribution in [0.5, 0.6) is 0 Å². The Morgan fingerprint density at radius 3 is 2.42 bits per heavy atom. The minimum absolute atomic E-state index is 0.519. The third-order valence-electron chi connectivity index (χ3n) is 2.16. The molecule has 0 aliphatic carbocycles. The van der Waals surface area contributed by atoms with E-state index in [1.165, 1.54) is 0 Å². The van der Waals surface area contributed by atoms with E-state index < -0.39 is 30.2 Å². The Kier molecular flexibility index (Phi) is 2.39. The lowest BCUT2D eigenvalue weighted by Gasteiger charge is -2.43. The first-order chi connectivity index (χ1) is 5.36. The molecule has 0 radical (unpaired) electrons. The van der Waals surface area contributed by atoms with Crippen molar-refractivity contribution in [3.63, 3.8) is 0 Å². The van der Waals surface area contributed by atoms with Crippen molar-refractivity contribution in [2.75, 3.05) is 0 Å². The number of hydrogen-bond donors (Lipinski definition) is 5. The molecule has 1 aliphatic rings. The zero-order valence-corrected chi connectivity index (χ0v) is 6.84. The van der Waals surface area contributed by atoms with E-state index in [9.17, 15) is 10.2 Å². The molecule has 5 atom stereocenters. The molecule has 1 unspecified atom stereocenters. The molecule has 0 spiro atoms. The van der Waals surface area contributed by atoms with Crippen molar-refractivity contribution in [3.8, 4) is 0 Å².